The van der Waals surface area contributed by atoms with Crippen molar-refractivity contribution in [3.63, 3.8) is 0 Å². The van der Waals surface area contributed by atoms with Crippen molar-refractivity contribution in [1.29, 1.82) is 0 Å². The molecule has 0 aromatic heterocycles. The van der Waals surface area contributed by atoms with E-state index >= 15 is 0 Å². The van der Waals surface area contributed by atoms with E-state index in [-0.39, 0.29) is 0 Å². The first kappa shape index (κ1) is 13.2. The summed E-state index contributed by atoms with van der Waals surface area (Å²) in [5.74, 6) is 1.76. The van der Waals surface area contributed by atoms with Gasteiger partial charge in [-0.1, -0.05) is 36.8 Å². The molecule has 0 spiro atoms. The van der Waals surface area contributed by atoms with Gasteiger partial charge in [-0.05, 0) is 62.8 Å². The van der Waals surface area contributed by atoms with Crippen LogP contribution in [0.25, 0.3) is 0 Å². The maximum atomic E-state index is 3.89. The van der Waals surface area contributed by atoms with E-state index in [9.17, 15) is 0 Å². The van der Waals surface area contributed by atoms with Crippen LogP contribution >= 0.6 is 0 Å². The number of nitrogens with one attached hydrogen (secondary N) is 1. The minimum atomic E-state index is 0.782. The van der Waals surface area contributed by atoms with Gasteiger partial charge in [-0.15, -0.1) is 0 Å². The van der Waals surface area contributed by atoms with Gasteiger partial charge >= 0.3 is 0 Å². The third kappa shape index (κ3) is 3.20. The Morgan fingerprint density at radius 3 is 2.16 bits per heavy atom. The average Bonchev–Trinajstić information content (AvgIpc) is 2.37. The van der Waals surface area contributed by atoms with Crippen LogP contribution in [0.4, 0.5) is 0 Å². The summed E-state index contributed by atoms with van der Waals surface area (Å²) in [7, 11) is 0. The Morgan fingerprint density at radius 1 is 0.895 bits per heavy atom. The van der Waals surface area contributed by atoms with Crippen molar-refractivity contribution in [2.45, 2.75) is 70.4 Å². The molecule has 0 amide bonds. The Labute approximate surface area is 117 Å². The number of rotatable bonds is 3. The van der Waals surface area contributed by atoms with Gasteiger partial charge in [0.2, 0.25) is 0 Å². The van der Waals surface area contributed by atoms with E-state index in [1.54, 1.807) is 5.56 Å². The standard InChI is InChI=1S/C18H27N/c1-13-3-7-15(8-4-13)16-11-18(12-16)19-17-9-5-14(2)6-10-17/h3-4,7-8,14,16-19H,5-6,9-12H2,1-2H3. The normalized spacial score (nSPS) is 34.8. The van der Waals surface area contributed by atoms with Crippen LogP contribution in [0.3, 0.4) is 0 Å². The number of hydrogen-bond donors (Lipinski definition) is 1. The topological polar surface area (TPSA) is 12.0 Å². The van der Waals surface area contributed by atoms with Crippen LogP contribution < -0.4 is 5.32 Å². The molecule has 0 aliphatic heterocycles. The van der Waals surface area contributed by atoms with E-state index < -0.39 is 0 Å². The van der Waals surface area contributed by atoms with E-state index in [0.29, 0.717) is 0 Å². The summed E-state index contributed by atoms with van der Waals surface area (Å²) in [6.07, 6.45) is 8.32. The van der Waals surface area contributed by atoms with E-state index in [0.717, 1.165) is 23.9 Å². The minimum absolute atomic E-state index is 0.782. The first-order valence-electron chi connectivity index (χ1n) is 8.03. The molecule has 1 aromatic rings. The van der Waals surface area contributed by atoms with Gasteiger partial charge in [0.25, 0.3) is 0 Å². The maximum absolute atomic E-state index is 3.89. The SMILES string of the molecule is Cc1ccc(C2CC(NC3CCC(C)CC3)C2)cc1. The molecule has 0 radical (unpaired) electrons. The van der Waals surface area contributed by atoms with Crippen molar-refractivity contribution >= 4 is 0 Å². The molecule has 0 heterocycles. The molecule has 2 aliphatic rings. The zero-order valence-electron chi connectivity index (χ0n) is 12.4. The summed E-state index contributed by atoms with van der Waals surface area (Å²) in [6, 6.07) is 10.7. The molecule has 1 aromatic carbocycles. The Hall–Kier alpha value is -0.820. The highest BCUT2D eigenvalue weighted by Crippen LogP contribution is 2.38. The Bertz CT molecular complexity index is 394. The van der Waals surface area contributed by atoms with Gasteiger partial charge in [-0.3, -0.25) is 0 Å². The molecule has 19 heavy (non-hydrogen) atoms. The summed E-state index contributed by atoms with van der Waals surface area (Å²) in [5, 5.41) is 3.89. The Kier molecular flexibility index (Phi) is 3.93. The minimum Gasteiger partial charge on any atom is -0.311 e. The Morgan fingerprint density at radius 2 is 1.53 bits per heavy atom. The second-order valence-electron chi connectivity index (χ2n) is 6.90. The monoisotopic (exact) mass is 257 g/mol. The van der Waals surface area contributed by atoms with E-state index in [1.165, 1.54) is 44.1 Å². The number of hydrogen-bond acceptors (Lipinski definition) is 1. The summed E-state index contributed by atoms with van der Waals surface area (Å²) in [4.78, 5) is 0. The molecule has 0 atom stereocenters. The van der Waals surface area contributed by atoms with Gasteiger partial charge in [0.05, 0.1) is 0 Å². The predicted octanol–water partition coefficient (Wildman–Crippen LogP) is 4.41. The van der Waals surface area contributed by atoms with Crippen LogP contribution in [0.2, 0.25) is 0 Å². The molecule has 3 rings (SSSR count). The molecular weight excluding hydrogens is 230 g/mol. The lowest BCUT2D eigenvalue weighted by atomic mass is 9.75. The average molecular weight is 257 g/mol. The van der Waals surface area contributed by atoms with Crippen LogP contribution in [-0.4, -0.2) is 12.1 Å². The lowest BCUT2D eigenvalue weighted by molar-refractivity contribution is 0.221. The van der Waals surface area contributed by atoms with E-state index in [4.69, 9.17) is 0 Å². The molecule has 2 saturated carbocycles. The second kappa shape index (κ2) is 5.66. The fourth-order valence-electron chi connectivity index (χ4n) is 3.62. The highest BCUT2D eigenvalue weighted by Gasteiger charge is 2.32. The summed E-state index contributed by atoms with van der Waals surface area (Å²) in [5.41, 5.74) is 2.91. The first-order valence-corrected chi connectivity index (χ1v) is 8.03. The molecular formula is C18H27N. The van der Waals surface area contributed by atoms with Gasteiger partial charge in [-0.25, -0.2) is 0 Å². The highest BCUT2D eigenvalue weighted by molar-refractivity contribution is 5.26. The Balaban J connectivity index is 1.44. The van der Waals surface area contributed by atoms with Crippen LogP contribution in [0.15, 0.2) is 24.3 Å². The molecule has 1 N–H and O–H groups in total. The second-order valence-corrected chi connectivity index (χ2v) is 6.90. The van der Waals surface area contributed by atoms with E-state index in [2.05, 4.69) is 43.4 Å². The molecule has 2 fully saturated rings. The molecule has 104 valence electrons. The van der Waals surface area contributed by atoms with E-state index in [1.807, 2.05) is 0 Å². The largest absolute Gasteiger partial charge is 0.311 e. The lowest BCUT2D eigenvalue weighted by Crippen LogP contribution is -2.46. The summed E-state index contributed by atoms with van der Waals surface area (Å²) >= 11 is 0. The third-order valence-corrected chi connectivity index (χ3v) is 5.17. The molecule has 2 aliphatic carbocycles. The van der Waals surface area contributed by atoms with Crippen molar-refractivity contribution < 1.29 is 0 Å². The van der Waals surface area contributed by atoms with Gasteiger partial charge in [0.15, 0.2) is 0 Å². The highest BCUT2D eigenvalue weighted by atomic mass is 15.0. The first-order chi connectivity index (χ1) is 9.20. The number of aryl methyl sites for hydroxylation is 1. The molecule has 0 saturated heterocycles. The zero-order valence-corrected chi connectivity index (χ0v) is 12.4. The van der Waals surface area contributed by atoms with Crippen LogP contribution in [0, 0.1) is 12.8 Å². The molecule has 1 heteroatoms. The fourth-order valence-corrected chi connectivity index (χ4v) is 3.62. The van der Waals surface area contributed by atoms with Gasteiger partial charge in [0.1, 0.15) is 0 Å². The maximum Gasteiger partial charge on any atom is 0.00813 e. The fraction of sp³-hybridized carbons (Fsp3) is 0.667. The summed E-state index contributed by atoms with van der Waals surface area (Å²) in [6.45, 7) is 4.56. The smallest absolute Gasteiger partial charge is 0.00813 e. The van der Waals surface area contributed by atoms with Gasteiger partial charge in [-0.2, -0.15) is 0 Å². The van der Waals surface area contributed by atoms with Crippen LogP contribution in [0.1, 0.15) is 62.5 Å². The number of benzene rings is 1. The lowest BCUT2D eigenvalue weighted by Gasteiger charge is -2.40. The molecule has 1 nitrogen and oxygen atoms in total. The van der Waals surface area contributed by atoms with Crippen molar-refractivity contribution in [1.82, 2.24) is 5.32 Å². The van der Waals surface area contributed by atoms with Crippen molar-refractivity contribution in [2.75, 3.05) is 0 Å². The van der Waals surface area contributed by atoms with Crippen LogP contribution in [0.5, 0.6) is 0 Å². The summed E-state index contributed by atoms with van der Waals surface area (Å²) < 4.78 is 0. The molecule has 0 bridgehead atoms. The van der Waals surface area contributed by atoms with Gasteiger partial charge in [0, 0.05) is 12.1 Å². The van der Waals surface area contributed by atoms with Crippen molar-refractivity contribution in [3.8, 4) is 0 Å². The molecule has 0 unspecified atom stereocenters. The van der Waals surface area contributed by atoms with Gasteiger partial charge < -0.3 is 5.32 Å². The predicted molar refractivity (Wildman–Crippen MR) is 81.5 cm³/mol. The third-order valence-electron chi connectivity index (χ3n) is 5.17. The van der Waals surface area contributed by atoms with Crippen molar-refractivity contribution in [3.05, 3.63) is 35.4 Å². The zero-order chi connectivity index (χ0) is 13.2. The van der Waals surface area contributed by atoms with Crippen LogP contribution in [-0.2, 0) is 0 Å². The quantitative estimate of drug-likeness (QED) is 0.845. The van der Waals surface area contributed by atoms with Crippen molar-refractivity contribution in [2.24, 2.45) is 5.92 Å².